The molecule has 1 atom stereocenters. The van der Waals surface area contributed by atoms with E-state index in [2.05, 4.69) is 11.7 Å². The molecule has 0 heterocycles. The summed E-state index contributed by atoms with van der Waals surface area (Å²) in [6.07, 6.45) is 2.05. The Morgan fingerprint density at radius 3 is 2.57 bits per heavy atom. The van der Waals surface area contributed by atoms with Gasteiger partial charge in [-0.2, -0.15) is 0 Å². The predicted molar refractivity (Wildman–Crippen MR) is 60.5 cm³/mol. The fourth-order valence-electron chi connectivity index (χ4n) is 0.941. The quantitative estimate of drug-likeness (QED) is 0.442. The first-order valence-corrected chi connectivity index (χ1v) is 5.71. The van der Waals surface area contributed by atoms with Crippen molar-refractivity contribution >= 4 is 11.8 Å². The van der Waals surface area contributed by atoms with Crippen LogP contribution in [0.2, 0.25) is 0 Å². The van der Waals surface area contributed by atoms with Crippen molar-refractivity contribution in [3.63, 3.8) is 0 Å². The lowest BCUT2D eigenvalue weighted by Crippen LogP contribution is -2.36. The Bertz CT molecular complexity index is 263. The van der Waals surface area contributed by atoms with Crippen LogP contribution in [0.25, 0.3) is 0 Å². The highest BCUT2D eigenvalue weighted by Gasteiger charge is 1.99. The normalized spacial score (nSPS) is 12.5. The van der Waals surface area contributed by atoms with E-state index in [4.69, 9.17) is 10.6 Å². The molecule has 3 nitrogen and oxygen atoms in total. The molecule has 0 spiro atoms. The molecule has 0 aliphatic carbocycles. The average molecular weight is 212 g/mol. The highest BCUT2D eigenvalue weighted by atomic mass is 32.2. The zero-order valence-electron chi connectivity index (χ0n) is 8.49. The molecule has 1 aromatic carbocycles. The number of hydrogen-bond acceptors (Lipinski definition) is 4. The average Bonchev–Trinajstić information content (AvgIpc) is 2.26. The van der Waals surface area contributed by atoms with Crippen molar-refractivity contribution in [2.75, 3.05) is 12.9 Å². The van der Waals surface area contributed by atoms with Crippen LogP contribution in [-0.2, 0) is 0 Å². The lowest BCUT2D eigenvalue weighted by molar-refractivity contribution is 0.274. The van der Waals surface area contributed by atoms with Crippen LogP contribution in [0.1, 0.15) is 6.92 Å². The molecule has 0 fully saturated rings. The van der Waals surface area contributed by atoms with E-state index in [1.165, 1.54) is 4.90 Å². The maximum Gasteiger partial charge on any atom is 0.119 e. The number of hydrogen-bond donors (Lipinski definition) is 2. The molecule has 1 rings (SSSR count). The van der Waals surface area contributed by atoms with Gasteiger partial charge in [-0.3, -0.25) is 11.3 Å². The van der Waals surface area contributed by atoms with Gasteiger partial charge in [0.15, 0.2) is 0 Å². The van der Waals surface area contributed by atoms with E-state index in [-0.39, 0.29) is 6.04 Å². The first kappa shape index (κ1) is 11.4. The molecular formula is C10H16N2OS. The highest BCUT2D eigenvalue weighted by molar-refractivity contribution is 7.98. The minimum Gasteiger partial charge on any atom is -0.492 e. The number of hydrazine groups is 1. The van der Waals surface area contributed by atoms with Gasteiger partial charge in [-0.15, -0.1) is 11.8 Å². The standard InChI is InChI=1S/C10H16N2OS/c1-8(12-11)7-13-9-3-5-10(14-2)6-4-9/h3-6,8,12H,7,11H2,1-2H3. The van der Waals surface area contributed by atoms with Gasteiger partial charge in [0.25, 0.3) is 0 Å². The van der Waals surface area contributed by atoms with Gasteiger partial charge in [0.05, 0.1) is 6.04 Å². The minimum absolute atomic E-state index is 0.162. The van der Waals surface area contributed by atoms with Gasteiger partial charge in [-0.1, -0.05) is 0 Å². The van der Waals surface area contributed by atoms with E-state index in [0.29, 0.717) is 6.61 Å². The summed E-state index contributed by atoms with van der Waals surface area (Å²) in [4.78, 5) is 1.24. The van der Waals surface area contributed by atoms with Gasteiger partial charge < -0.3 is 4.74 Å². The van der Waals surface area contributed by atoms with Crippen LogP contribution >= 0.6 is 11.8 Å². The van der Waals surface area contributed by atoms with Crippen molar-refractivity contribution in [1.82, 2.24) is 5.43 Å². The Hall–Kier alpha value is -0.710. The molecule has 3 N–H and O–H groups in total. The second-order valence-corrected chi connectivity index (χ2v) is 3.93. The topological polar surface area (TPSA) is 47.3 Å². The third kappa shape index (κ3) is 3.57. The minimum atomic E-state index is 0.162. The zero-order valence-corrected chi connectivity index (χ0v) is 9.30. The Balaban J connectivity index is 2.43. The molecular weight excluding hydrogens is 196 g/mol. The van der Waals surface area contributed by atoms with Crippen LogP contribution in [0.15, 0.2) is 29.2 Å². The first-order valence-electron chi connectivity index (χ1n) is 4.49. The number of thioether (sulfide) groups is 1. The van der Waals surface area contributed by atoms with E-state index in [9.17, 15) is 0 Å². The van der Waals surface area contributed by atoms with Crippen LogP contribution < -0.4 is 16.0 Å². The maximum absolute atomic E-state index is 5.51. The van der Waals surface area contributed by atoms with Crippen molar-refractivity contribution < 1.29 is 4.74 Å². The molecule has 0 aliphatic rings. The third-order valence-corrected chi connectivity index (χ3v) is 2.59. The number of nitrogens with one attached hydrogen (secondary N) is 1. The van der Waals surface area contributed by atoms with E-state index in [1.54, 1.807) is 11.8 Å². The SMILES string of the molecule is CSc1ccc(OCC(C)NN)cc1. The monoisotopic (exact) mass is 212 g/mol. The summed E-state index contributed by atoms with van der Waals surface area (Å²) in [5, 5.41) is 0. The second kappa shape index (κ2) is 5.90. The summed E-state index contributed by atoms with van der Waals surface area (Å²) < 4.78 is 5.51. The van der Waals surface area contributed by atoms with Crippen LogP contribution in [0.4, 0.5) is 0 Å². The van der Waals surface area contributed by atoms with E-state index < -0.39 is 0 Å². The summed E-state index contributed by atoms with van der Waals surface area (Å²) in [5.74, 6) is 6.13. The van der Waals surface area contributed by atoms with E-state index in [0.717, 1.165) is 5.75 Å². The zero-order chi connectivity index (χ0) is 10.4. The molecule has 0 saturated carbocycles. The van der Waals surface area contributed by atoms with Gasteiger partial charge >= 0.3 is 0 Å². The summed E-state index contributed by atoms with van der Waals surface area (Å²) in [7, 11) is 0. The predicted octanol–water partition coefficient (Wildman–Crippen LogP) is 1.64. The van der Waals surface area contributed by atoms with Crippen molar-refractivity contribution in [1.29, 1.82) is 0 Å². The number of rotatable bonds is 5. The number of benzene rings is 1. The van der Waals surface area contributed by atoms with Crippen molar-refractivity contribution in [3.8, 4) is 5.75 Å². The van der Waals surface area contributed by atoms with Crippen LogP contribution in [-0.4, -0.2) is 18.9 Å². The molecule has 0 bridgehead atoms. The molecule has 1 unspecified atom stereocenters. The fraction of sp³-hybridized carbons (Fsp3) is 0.400. The lowest BCUT2D eigenvalue weighted by atomic mass is 10.3. The Labute approximate surface area is 89.0 Å². The molecule has 0 saturated heterocycles. The largest absolute Gasteiger partial charge is 0.492 e. The van der Waals surface area contributed by atoms with Crippen LogP contribution in [0.5, 0.6) is 5.75 Å². The second-order valence-electron chi connectivity index (χ2n) is 3.05. The summed E-state index contributed by atoms with van der Waals surface area (Å²) in [6, 6.07) is 8.18. The molecule has 14 heavy (non-hydrogen) atoms. The molecule has 78 valence electrons. The molecule has 0 radical (unpaired) electrons. The van der Waals surface area contributed by atoms with Crippen molar-refractivity contribution in [2.24, 2.45) is 5.84 Å². The summed E-state index contributed by atoms with van der Waals surface area (Å²) in [6.45, 7) is 2.55. The van der Waals surface area contributed by atoms with Gasteiger partial charge in [0.2, 0.25) is 0 Å². The van der Waals surface area contributed by atoms with E-state index in [1.807, 2.05) is 31.2 Å². The Kier molecular flexibility index (Phi) is 4.79. The lowest BCUT2D eigenvalue weighted by Gasteiger charge is -2.11. The van der Waals surface area contributed by atoms with Crippen LogP contribution in [0.3, 0.4) is 0 Å². The third-order valence-electron chi connectivity index (χ3n) is 1.84. The highest BCUT2D eigenvalue weighted by Crippen LogP contribution is 2.18. The molecule has 4 heteroatoms. The molecule has 1 aromatic rings. The van der Waals surface area contributed by atoms with Crippen molar-refractivity contribution in [2.45, 2.75) is 17.9 Å². The summed E-state index contributed by atoms with van der Waals surface area (Å²) in [5.41, 5.74) is 2.63. The fourth-order valence-corrected chi connectivity index (χ4v) is 1.35. The number of nitrogens with two attached hydrogens (primary N) is 1. The van der Waals surface area contributed by atoms with Gasteiger partial charge in [0, 0.05) is 4.90 Å². The van der Waals surface area contributed by atoms with Gasteiger partial charge in [-0.05, 0) is 37.4 Å². The number of ether oxygens (including phenoxy) is 1. The smallest absolute Gasteiger partial charge is 0.119 e. The Morgan fingerprint density at radius 2 is 2.07 bits per heavy atom. The maximum atomic E-state index is 5.51. The Morgan fingerprint density at radius 1 is 1.43 bits per heavy atom. The summed E-state index contributed by atoms with van der Waals surface area (Å²) >= 11 is 1.72. The van der Waals surface area contributed by atoms with Crippen LogP contribution in [0, 0.1) is 0 Å². The van der Waals surface area contributed by atoms with Gasteiger partial charge in [-0.25, -0.2) is 0 Å². The van der Waals surface area contributed by atoms with Crippen molar-refractivity contribution in [3.05, 3.63) is 24.3 Å². The molecule has 0 aromatic heterocycles. The van der Waals surface area contributed by atoms with E-state index >= 15 is 0 Å². The van der Waals surface area contributed by atoms with Gasteiger partial charge in [0.1, 0.15) is 12.4 Å². The first-order chi connectivity index (χ1) is 6.76. The molecule has 0 aliphatic heterocycles. The molecule has 0 amide bonds.